The van der Waals surface area contributed by atoms with Crippen LogP contribution in [0.1, 0.15) is 62.0 Å². The van der Waals surface area contributed by atoms with Crippen LogP contribution in [0.15, 0.2) is 53.4 Å². The van der Waals surface area contributed by atoms with Crippen LogP contribution in [0.4, 0.5) is 0 Å². The molecule has 1 N–H and O–H groups in total. The third-order valence-electron chi connectivity index (χ3n) is 5.93. The normalized spacial score (nSPS) is 15.5. The second kappa shape index (κ2) is 10.2. The maximum atomic E-state index is 13.3. The van der Waals surface area contributed by atoms with E-state index in [9.17, 15) is 22.8 Å². The van der Waals surface area contributed by atoms with Gasteiger partial charge in [-0.1, -0.05) is 36.4 Å². The first kappa shape index (κ1) is 26.4. The number of hydrogen-bond donors (Lipinski definition) is 1. The molecule has 3 rings (SSSR count). The van der Waals surface area contributed by atoms with E-state index < -0.39 is 27.5 Å². The molecule has 0 saturated heterocycles. The molecule has 1 unspecified atom stereocenters. The highest BCUT2D eigenvalue weighted by Crippen LogP contribution is 2.30. The molecule has 0 saturated carbocycles. The zero-order valence-corrected chi connectivity index (χ0v) is 21.7. The van der Waals surface area contributed by atoms with Gasteiger partial charge in [0.25, 0.3) is 15.9 Å². The monoisotopic (exact) mass is 499 g/mol. The van der Waals surface area contributed by atoms with Crippen LogP contribution in [0.5, 0.6) is 0 Å². The molecule has 0 spiro atoms. The number of nitrogens with one attached hydrogen (secondary N) is 1. The summed E-state index contributed by atoms with van der Waals surface area (Å²) < 4.78 is 26.4. The lowest BCUT2D eigenvalue weighted by molar-refractivity contribution is -0.141. The molecule has 9 heteroatoms. The quantitative estimate of drug-likeness (QED) is 0.601. The molecule has 1 aliphatic heterocycles. The molecular weight excluding hydrogens is 466 g/mol. The molecule has 8 nitrogen and oxygen atoms in total. The Morgan fingerprint density at radius 2 is 1.69 bits per heavy atom. The fraction of sp³-hybridized carbons (Fsp3) is 0.423. The SMILES string of the molecule is Cc1ccccc1CN(C(=O)CCCN1C(=O)c2ccccc2S1(=O)=O)C(C)C(=O)NC(C)(C)C. The van der Waals surface area contributed by atoms with Crippen molar-refractivity contribution in [3.8, 4) is 0 Å². The molecule has 35 heavy (non-hydrogen) atoms. The minimum Gasteiger partial charge on any atom is -0.350 e. The fourth-order valence-electron chi connectivity index (χ4n) is 4.00. The Hall–Kier alpha value is -3.20. The average Bonchev–Trinajstić information content (AvgIpc) is 2.97. The second-order valence-corrected chi connectivity index (χ2v) is 11.7. The van der Waals surface area contributed by atoms with Crippen molar-refractivity contribution in [1.82, 2.24) is 14.5 Å². The highest BCUT2D eigenvalue weighted by atomic mass is 32.2. The molecular formula is C26H33N3O5S. The van der Waals surface area contributed by atoms with Gasteiger partial charge in [0.15, 0.2) is 0 Å². The lowest BCUT2D eigenvalue weighted by atomic mass is 10.1. The van der Waals surface area contributed by atoms with Crippen LogP contribution in [-0.2, 0) is 26.2 Å². The average molecular weight is 500 g/mol. The van der Waals surface area contributed by atoms with Gasteiger partial charge in [-0.05, 0) is 64.3 Å². The first-order valence-electron chi connectivity index (χ1n) is 11.6. The topological polar surface area (TPSA) is 104 Å². The summed E-state index contributed by atoms with van der Waals surface area (Å²) in [6.07, 6.45) is 0.143. The number of rotatable bonds is 8. The van der Waals surface area contributed by atoms with E-state index in [1.165, 1.54) is 17.0 Å². The van der Waals surface area contributed by atoms with E-state index in [-0.39, 0.29) is 48.2 Å². The Bertz CT molecular complexity index is 1230. The van der Waals surface area contributed by atoms with E-state index in [0.29, 0.717) is 0 Å². The summed E-state index contributed by atoms with van der Waals surface area (Å²) in [5, 5.41) is 2.92. The van der Waals surface area contributed by atoms with Crippen LogP contribution in [0.25, 0.3) is 0 Å². The fourth-order valence-corrected chi connectivity index (χ4v) is 5.60. The van der Waals surface area contributed by atoms with E-state index in [2.05, 4.69) is 5.32 Å². The number of nitrogens with zero attached hydrogens (tertiary/aromatic N) is 2. The first-order chi connectivity index (χ1) is 16.3. The summed E-state index contributed by atoms with van der Waals surface area (Å²) in [4.78, 5) is 40.3. The number of benzene rings is 2. The molecule has 1 aliphatic rings. The van der Waals surface area contributed by atoms with Crippen molar-refractivity contribution in [3.05, 3.63) is 65.2 Å². The Morgan fingerprint density at radius 1 is 1.06 bits per heavy atom. The summed E-state index contributed by atoms with van der Waals surface area (Å²) in [6.45, 7) is 9.38. The predicted molar refractivity (Wildman–Crippen MR) is 133 cm³/mol. The molecule has 0 radical (unpaired) electrons. The molecule has 0 fully saturated rings. The van der Waals surface area contributed by atoms with Gasteiger partial charge in [-0.15, -0.1) is 0 Å². The van der Waals surface area contributed by atoms with Gasteiger partial charge in [0, 0.05) is 25.0 Å². The number of hydrogen-bond acceptors (Lipinski definition) is 5. The Kier molecular flexibility index (Phi) is 7.69. The van der Waals surface area contributed by atoms with E-state index in [1.54, 1.807) is 19.1 Å². The van der Waals surface area contributed by atoms with Gasteiger partial charge in [-0.2, -0.15) is 0 Å². The van der Waals surface area contributed by atoms with E-state index in [1.807, 2.05) is 52.0 Å². The van der Waals surface area contributed by atoms with Crippen molar-refractivity contribution in [1.29, 1.82) is 0 Å². The lowest BCUT2D eigenvalue weighted by Crippen LogP contribution is -2.52. The largest absolute Gasteiger partial charge is 0.350 e. The molecule has 188 valence electrons. The van der Waals surface area contributed by atoms with Crippen LogP contribution in [0.3, 0.4) is 0 Å². The van der Waals surface area contributed by atoms with Crippen LogP contribution >= 0.6 is 0 Å². The van der Waals surface area contributed by atoms with Crippen molar-refractivity contribution in [2.45, 2.75) is 70.5 Å². The van der Waals surface area contributed by atoms with Crippen molar-refractivity contribution in [3.63, 3.8) is 0 Å². The third-order valence-corrected chi connectivity index (χ3v) is 7.77. The van der Waals surface area contributed by atoms with E-state index in [4.69, 9.17) is 0 Å². The van der Waals surface area contributed by atoms with Gasteiger partial charge >= 0.3 is 0 Å². The van der Waals surface area contributed by atoms with Gasteiger partial charge in [0.1, 0.15) is 10.9 Å². The number of sulfonamides is 1. The van der Waals surface area contributed by atoms with Crippen molar-refractivity contribution >= 4 is 27.7 Å². The molecule has 0 aliphatic carbocycles. The van der Waals surface area contributed by atoms with Gasteiger partial charge in [-0.25, -0.2) is 12.7 Å². The van der Waals surface area contributed by atoms with Gasteiger partial charge in [-0.3, -0.25) is 14.4 Å². The third kappa shape index (κ3) is 5.90. The van der Waals surface area contributed by atoms with Crippen LogP contribution < -0.4 is 5.32 Å². The number of carbonyl (C=O) groups excluding carboxylic acids is 3. The Labute approximate surface area is 207 Å². The van der Waals surface area contributed by atoms with Gasteiger partial charge < -0.3 is 10.2 Å². The van der Waals surface area contributed by atoms with E-state index >= 15 is 0 Å². The van der Waals surface area contributed by atoms with Crippen LogP contribution in [0.2, 0.25) is 0 Å². The minimum absolute atomic E-state index is 0.00529. The van der Waals surface area contributed by atoms with Crippen molar-refractivity contribution in [2.75, 3.05) is 6.54 Å². The van der Waals surface area contributed by atoms with E-state index in [0.717, 1.165) is 15.4 Å². The number of aryl methyl sites for hydroxylation is 1. The van der Waals surface area contributed by atoms with Gasteiger partial charge in [0.05, 0.1) is 5.56 Å². The summed E-state index contributed by atoms with van der Waals surface area (Å²) in [7, 11) is -3.92. The number of carbonyl (C=O) groups is 3. The second-order valence-electron chi connectivity index (χ2n) is 9.85. The van der Waals surface area contributed by atoms with Gasteiger partial charge in [0.2, 0.25) is 11.8 Å². The summed E-state index contributed by atoms with van der Waals surface area (Å²) in [5.74, 6) is -1.14. The Morgan fingerprint density at radius 3 is 2.31 bits per heavy atom. The molecule has 0 aromatic heterocycles. The number of fused-ring (bicyclic) bond motifs is 1. The van der Waals surface area contributed by atoms with Crippen LogP contribution in [-0.4, -0.2) is 53.5 Å². The maximum Gasteiger partial charge on any atom is 0.269 e. The highest BCUT2D eigenvalue weighted by Gasteiger charge is 2.40. The van der Waals surface area contributed by atoms with Crippen molar-refractivity contribution < 1.29 is 22.8 Å². The smallest absolute Gasteiger partial charge is 0.269 e. The summed E-state index contributed by atoms with van der Waals surface area (Å²) in [6, 6.07) is 13.0. The summed E-state index contributed by atoms with van der Waals surface area (Å²) >= 11 is 0. The number of amides is 3. The minimum atomic E-state index is -3.92. The molecule has 3 amide bonds. The Balaban J connectivity index is 1.73. The highest BCUT2D eigenvalue weighted by molar-refractivity contribution is 7.90. The standard InChI is InChI=1S/C26H33N3O5S/c1-18-11-6-7-12-20(18)17-28(19(2)24(31)27-26(3,4)5)23(30)15-10-16-29-25(32)21-13-8-9-14-22(21)35(29,33)34/h6-9,11-14,19H,10,15-17H2,1-5H3,(H,27,31). The zero-order chi connectivity index (χ0) is 26.0. The maximum absolute atomic E-state index is 13.3. The molecule has 2 aromatic carbocycles. The first-order valence-corrected chi connectivity index (χ1v) is 13.1. The molecule has 1 atom stereocenters. The summed E-state index contributed by atoms with van der Waals surface area (Å²) in [5.41, 5.74) is 1.61. The molecule has 0 bridgehead atoms. The van der Waals surface area contributed by atoms with Crippen molar-refractivity contribution in [2.24, 2.45) is 0 Å². The van der Waals surface area contributed by atoms with Crippen LogP contribution in [0, 0.1) is 6.92 Å². The molecule has 1 heterocycles. The predicted octanol–water partition coefficient (Wildman–Crippen LogP) is 3.25. The lowest BCUT2D eigenvalue weighted by Gasteiger charge is -2.32. The molecule has 2 aromatic rings. The zero-order valence-electron chi connectivity index (χ0n) is 20.9.